The third-order valence-corrected chi connectivity index (χ3v) is 7.40. The molecule has 2 heterocycles. The van der Waals surface area contributed by atoms with Crippen molar-refractivity contribution in [3.05, 3.63) is 84.3 Å². The molecule has 0 bridgehead atoms. The number of phenols is 1. The number of halogens is 3. The molecule has 41 heavy (non-hydrogen) atoms. The smallest absolute Gasteiger partial charge is 0.507 e. The number of aromatic hydroxyl groups is 1. The van der Waals surface area contributed by atoms with Gasteiger partial charge in [0, 0.05) is 36.6 Å². The normalized spacial score (nSPS) is 12.1. The Hall–Kier alpha value is -4.58. The summed E-state index contributed by atoms with van der Waals surface area (Å²) in [4.78, 5) is 9.08. The summed E-state index contributed by atoms with van der Waals surface area (Å²) in [5.41, 5.74) is 3.57. The Kier molecular flexibility index (Phi) is 6.90. The first-order chi connectivity index (χ1) is 19.2. The Morgan fingerprint density at radius 1 is 0.927 bits per heavy atom. The van der Waals surface area contributed by atoms with E-state index in [9.17, 15) is 26.7 Å². The number of oxazole rings is 1. The first-order valence-corrected chi connectivity index (χ1v) is 14.1. The molecule has 0 aliphatic rings. The number of phenolic OH excluding ortho intramolecular Hbond substituents is 1. The van der Waals surface area contributed by atoms with Crippen molar-refractivity contribution in [2.24, 2.45) is 0 Å². The van der Waals surface area contributed by atoms with Crippen LogP contribution in [-0.2, 0) is 9.84 Å². The van der Waals surface area contributed by atoms with Crippen molar-refractivity contribution < 1.29 is 35.8 Å². The fourth-order valence-electron chi connectivity index (χ4n) is 4.58. The van der Waals surface area contributed by atoms with Crippen LogP contribution in [0.2, 0.25) is 0 Å². The third kappa shape index (κ3) is 5.82. The maximum atomic E-state index is 12.7. The van der Waals surface area contributed by atoms with E-state index in [-0.39, 0.29) is 27.8 Å². The number of hydrogen-bond acceptors (Lipinski definition) is 7. The lowest BCUT2D eigenvalue weighted by Crippen LogP contribution is -2.17. The fraction of sp³-hybridized carbons (Fsp3) is 0.172. The molecule has 0 saturated heterocycles. The number of aromatic nitrogens is 3. The molecule has 212 valence electrons. The Morgan fingerprint density at radius 2 is 1.66 bits per heavy atom. The second kappa shape index (κ2) is 10.1. The van der Waals surface area contributed by atoms with Gasteiger partial charge in [-0.2, -0.15) is 0 Å². The summed E-state index contributed by atoms with van der Waals surface area (Å²) in [6.45, 7) is 5.29. The number of sulfone groups is 1. The van der Waals surface area contributed by atoms with Gasteiger partial charge in [0.1, 0.15) is 23.0 Å². The van der Waals surface area contributed by atoms with Crippen molar-refractivity contribution in [3.8, 4) is 50.9 Å². The number of benzene rings is 3. The predicted molar refractivity (Wildman–Crippen MR) is 146 cm³/mol. The van der Waals surface area contributed by atoms with Crippen molar-refractivity contribution in [2.45, 2.75) is 32.0 Å². The Morgan fingerprint density at radius 3 is 2.29 bits per heavy atom. The lowest BCUT2D eigenvalue weighted by atomic mass is 9.98. The van der Waals surface area contributed by atoms with Gasteiger partial charge in [-0.15, -0.1) is 13.2 Å². The molecule has 0 unspecified atom stereocenters. The summed E-state index contributed by atoms with van der Waals surface area (Å²) in [6, 6.07) is 15.2. The highest BCUT2D eigenvalue weighted by Gasteiger charge is 2.32. The maximum Gasteiger partial charge on any atom is 0.573 e. The number of hydrogen-bond donors (Lipinski definition) is 1. The summed E-state index contributed by atoms with van der Waals surface area (Å²) in [5.74, 6) is 0.0981. The van der Waals surface area contributed by atoms with E-state index < -0.39 is 27.7 Å². The van der Waals surface area contributed by atoms with Gasteiger partial charge in [-0.25, -0.2) is 18.4 Å². The maximum absolute atomic E-state index is 12.7. The van der Waals surface area contributed by atoms with Gasteiger partial charge in [0.05, 0.1) is 16.3 Å². The minimum atomic E-state index is -4.92. The van der Waals surface area contributed by atoms with Gasteiger partial charge in [-0.1, -0.05) is 18.2 Å². The van der Waals surface area contributed by atoms with Crippen LogP contribution in [-0.4, -0.2) is 40.7 Å². The van der Waals surface area contributed by atoms with Crippen molar-refractivity contribution in [2.75, 3.05) is 6.26 Å². The molecule has 5 aromatic rings. The van der Waals surface area contributed by atoms with Gasteiger partial charge < -0.3 is 18.8 Å². The second-order valence-electron chi connectivity index (χ2n) is 9.47. The molecule has 12 heteroatoms. The highest BCUT2D eigenvalue weighted by Crippen LogP contribution is 2.42. The monoisotopic (exact) mass is 583 g/mol. The van der Waals surface area contributed by atoms with Crippen molar-refractivity contribution in [1.29, 1.82) is 0 Å². The summed E-state index contributed by atoms with van der Waals surface area (Å²) in [5, 5.41) is 10.7. The first kappa shape index (κ1) is 28.0. The van der Waals surface area contributed by atoms with Crippen LogP contribution >= 0.6 is 0 Å². The average Bonchev–Trinajstić information content (AvgIpc) is 3.43. The molecule has 0 aliphatic carbocycles. The van der Waals surface area contributed by atoms with E-state index in [1.807, 2.05) is 36.7 Å². The molecule has 2 aromatic heterocycles. The Bertz CT molecular complexity index is 1890. The van der Waals surface area contributed by atoms with Crippen LogP contribution in [0.4, 0.5) is 13.2 Å². The summed E-state index contributed by atoms with van der Waals surface area (Å²) < 4.78 is 74.4. The summed E-state index contributed by atoms with van der Waals surface area (Å²) >= 11 is 0. The molecule has 0 fully saturated rings. The molecule has 0 radical (unpaired) electrons. The lowest BCUT2D eigenvalue weighted by molar-refractivity contribution is -0.274. The molecule has 0 amide bonds. The lowest BCUT2D eigenvalue weighted by Gasteiger charge is -2.15. The minimum Gasteiger partial charge on any atom is -0.507 e. The van der Waals surface area contributed by atoms with Crippen LogP contribution in [0, 0.1) is 20.8 Å². The number of alkyl halides is 3. The quantitative estimate of drug-likeness (QED) is 0.234. The number of imidazole rings is 1. The molecular formula is C29H24F3N3O5S. The van der Waals surface area contributed by atoms with Gasteiger partial charge in [-0.3, -0.25) is 0 Å². The highest BCUT2D eigenvalue weighted by atomic mass is 32.2. The van der Waals surface area contributed by atoms with Gasteiger partial charge in [0.15, 0.2) is 21.5 Å². The first-order valence-electron chi connectivity index (χ1n) is 12.2. The zero-order valence-electron chi connectivity index (χ0n) is 22.3. The molecule has 0 spiro atoms. The van der Waals surface area contributed by atoms with Crippen molar-refractivity contribution >= 4 is 9.84 Å². The van der Waals surface area contributed by atoms with Crippen LogP contribution in [0.5, 0.6) is 11.5 Å². The zero-order valence-corrected chi connectivity index (χ0v) is 23.1. The zero-order chi connectivity index (χ0) is 29.7. The van der Waals surface area contributed by atoms with E-state index in [0.717, 1.165) is 24.1 Å². The van der Waals surface area contributed by atoms with Crippen LogP contribution in [0.15, 0.2) is 76.2 Å². The van der Waals surface area contributed by atoms with Crippen LogP contribution in [0.1, 0.15) is 17.4 Å². The predicted octanol–water partition coefficient (Wildman–Crippen LogP) is 6.79. The molecule has 8 nitrogen and oxygen atoms in total. The molecule has 0 atom stereocenters. The van der Waals surface area contributed by atoms with Gasteiger partial charge in [-0.05, 0) is 61.4 Å². The van der Waals surface area contributed by atoms with Gasteiger partial charge in [0.2, 0.25) is 0 Å². The van der Waals surface area contributed by atoms with E-state index >= 15 is 0 Å². The van der Waals surface area contributed by atoms with E-state index in [1.54, 1.807) is 31.2 Å². The van der Waals surface area contributed by atoms with E-state index in [1.165, 1.54) is 12.1 Å². The van der Waals surface area contributed by atoms with E-state index in [0.29, 0.717) is 28.2 Å². The number of aryl methyl sites for hydroxylation is 3. The van der Waals surface area contributed by atoms with Gasteiger partial charge >= 0.3 is 6.36 Å². The standard InChI is InChI=1S/C29H24F3N3O5S/c1-16-15-35(17(2)33-16)25-11-8-20(19-6-5-7-22(12-19)41(4,37)38)13-24(25)28-27(34-18(3)39-28)23-10-9-21(14-26(23)36)40-29(30,31)32/h5-15,36H,1-4H3. The van der Waals surface area contributed by atoms with Crippen LogP contribution in [0.3, 0.4) is 0 Å². The minimum absolute atomic E-state index is 0.125. The summed E-state index contributed by atoms with van der Waals surface area (Å²) in [7, 11) is -3.46. The molecule has 3 aromatic carbocycles. The average molecular weight is 584 g/mol. The van der Waals surface area contributed by atoms with Crippen LogP contribution in [0.25, 0.3) is 39.4 Å². The highest BCUT2D eigenvalue weighted by molar-refractivity contribution is 7.90. The largest absolute Gasteiger partial charge is 0.573 e. The number of ether oxygens (including phenoxy) is 1. The van der Waals surface area contributed by atoms with E-state index in [4.69, 9.17) is 4.42 Å². The van der Waals surface area contributed by atoms with Crippen LogP contribution < -0.4 is 4.74 Å². The second-order valence-corrected chi connectivity index (χ2v) is 11.5. The van der Waals surface area contributed by atoms with Crippen molar-refractivity contribution in [1.82, 2.24) is 14.5 Å². The third-order valence-electron chi connectivity index (χ3n) is 6.29. The molecule has 5 rings (SSSR count). The molecular weight excluding hydrogens is 559 g/mol. The Labute approximate surface area is 233 Å². The molecule has 0 aliphatic heterocycles. The number of rotatable bonds is 6. The van der Waals surface area contributed by atoms with E-state index in [2.05, 4.69) is 14.7 Å². The molecule has 1 N–H and O–H groups in total. The summed E-state index contributed by atoms with van der Waals surface area (Å²) in [6.07, 6.45) is -1.96. The topological polar surface area (TPSA) is 107 Å². The van der Waals surface area contributed by atoms with Crippen molar-refractivity contribution in [3.63, 3.8) is 0 Å². The Balaban J connectivity index is 1.72. The fourth-order valence-corrected chi connectivity index (χ4v) is 5.24. The number of nitrogens with zero attached hydrogens (tertiary/aromatic N) is 3. The SMILES string of the molecule is Cc1cn(-c2ccc(-c3cccc(S(C)(=O)=O)c3)cc2-c2oc(C)nc2-c2ccc(OC(F)(F)F)cc2O)c(C)n1. The molecule has 0 saturated carbocycles. The van der Waals surface area contributed by atoms with Gasteiger partial charge in [0.25, 0.3) is 0 Å².